The molecule has 0 fully saturated rings. The van der Waals surface area contributed by atoms with Crippen LogP contribution in [0.1, 0.15) is 11.5 Å². The van der Waals surface area contributed by atoms with Gasteiger partial charge >= 0.3 is 0 Å². The molecule has 1 aromatic rings. The third-order valence-corrected chi connectivity index (χ3v) is 1.52. The minimum Gasteiger partial charge on any atom is -0.302 e. The maximum absolute atomic E-state index is 5.76. The van der Waals surface area contributed by atoms with Crippen LogP contribution in [0.5, 0.6) is 0 Å². The highest BCUT2D eigenvalue weighted by molar-refractivity contribution is 6.29. The Hall–Kier alpha value is -0.670. The van der Waals surface area contributed by atoms with Gasteiger partial charge in [0.05, 0.1) is 6.54 Å². The SMILES string of the molecule is Cc1cc(Cl)nc(CN(C)C)n1. The van der Waals surface area contributed by atoms with E-state index in [1.807, 2.05) is 25.9 Å². The van der Waals surface area contributed by atoms with Crippen LogP contribution in [0.15, 0.2) is 6.07 Å². The summed E-state index contributed by atoms with van der Waals surface area (Å²) in [5.41, 5.74) is 0.909. The van der Waals surface area contributed by atoms with Crippen molar-refractivity contribution in [2.45, 2.75) is 13.5 Å². The average Bonchev–Trinajstić information content (AvgIpc) is 1.81. The van der Waals surface area contributed by atoms with Gasteiger partial charge in [-0.05, 0) is 27.1 Å². The van der Waals surface area contributed by atoms with Crippen LogP contribution in [-0.4, -0.2) is 29.0 Å². The Balaban J connectivity index is 2.85. The fourth-order valence-electron chi connectivity index (χ4n) is 0.942. The lowest BCUT2D eigenvalue weighted by Crippen LogP contribution is -2.13. The molecule has 3 nitrogen and oxygen atoms in total. The van der Waals surface area contributed by atoms with E-state index in [1.54, 1.807) is 6.07 Å². The highest BCUT2D eigenvalue weighted by Gasteiger charge is 2.00. The first-order chi connectivity index (χ1) is 5.58. The smallest absolute Gasteiger partial charge is 0.144 e. The zero-order valence-corrected chi connectivity index (χ0v) is 8.26. The first-order valence-electron chi connectivity index (χ1n) is 3.72. The van der Waals surface area contributed by atoms with Crippen molar-refractivity contribution in [2.24, 2.45) is 0 Å². The van der Waals surface area contributed by atoms with Gasteiger partial charge in [0.1, 0.15) is 11.0 Å². The molecule has 0 N–H and O–H groups in total. The summed E-state index contributed by atoms with van der Waals surface area (Å²) in [6.45, 7) is 2.63. The van der Waals surface area contributed by atoms with Crippen LogP contribution < -0.4 is 0 Å². The van der Waals surface area contributed by atoms with E-state index in [-0.39, 0.29) is 0 Å². The Labute approximate surface area is 77.4 Å². The van der Waals surface area contributed by atoms with E-state index < -0.39 is 0 Å². The standard InChI is InChI=1S/C8H12ClN3/c1-6-4-7(9)11-8(10-6)5-12(2)3/h4H,5H2,1-3H3. The van der Waals surface area contributed by atoms with Crippen molar-refractivity contribution in [1.82, 2.24) is 14.9 Å². The van der Waals surface area contributed by atoms with Crippen LogP contribution in [0.2, 0.25) is 5.15 Å². The summed E-state index contributed by atoms with van der Waals surface area (Å²) in [6.07, 6.45) is 0. The minimum atomic E-state index is 0.513. The van der Waals surface area contributed by atoms with Crippen LogP contribution in [0.3, 0.4) is 0 Å². The van der Waals surface area contributed by atoms with Gasteiger partial charge in [0, 0.05) is 5.69 Å². The number of halogens is 1. The highest BCUT2D eigenvalue weighted by Crippen LogP contribution is 2.06. The fourth-order valence-corrected chi connectivity index (χ4v) is 1.20. The van der Waals surface area contributed by atoms with E-state index in [9.17, 15) is 0 Å². The molecule has 66 valence electrons. The van der Waals surface area contributed by atoms with Gasteiger partial charge < -0.3 is 4.90 Å². The predicted octanol–water partition coefficient (Wildman–Crippen LogP) is 1.50. The van der Waals surface area contributed by atoms with E-state index in [4.69, 9.17) is 11.6 Å². The molecule has 0 spiro atoms. The molecule has 1 heterocycles. The van der Waals surface area contributed by atoms with Crippen molar-refractivity contribution in [3.8, 4) is 0 Å². The molecule has 1 aromatic heterocycles. The van der Waals surface area contributed by atoms with E-state index >= 15 is 0 Å². The van der Waals surface area contributed by atoms with Gasteiger partial charge in [-0.15, -0.1) is 0 Å². The summed E-state index contributed by atoms with van der Waals surface area (Å²) in [4.78, 5) is 10.3. The van der Waals surface area contributed by atoms with Gasteiger partial charge in [-0.1, -0.05) is 11.6 Å². The van der Waals surface area contributed by atoms with Crippen LogP contribution in [-0.2, 0) is 6.54 Å². The summed E-state index contributed by atoms with van der Waals surface area (Å²) >= 11 is 5.76. The fraction of sp³-hybridized carbons (Fsp3) is 0.500. The van der Waals surface area contributed by atoms with E-state index in [0.29, 0.717) is 5.15 Å². The second-order valence-corrected chi connectivity index (χ2v) is 3.37. The zero-order valence-electron chi connectivity index (χ0n) is 7.50. The highest BCUT2D eigenvalue weighted by atomic mass is 35.5. The Morgan fingerprint density at radius 2 is 2.08 bits per heavy atom. The number of hydrogen-bond donors (Lipinski definition) is 0. The second-order valence-electron chi connectivity index (χ2n) is 2.99. The maximum Gasteiger partial charge on any atom is 0.144 e. The summed E-state index contributed by atoms with van der Waals surface area (Å²) in [6, 6.07) is 1.75. The lowest BCUT2D eigenvalue weighted by atomic mass is 10.4. The molecule has 12 heavy (non-hydrogen) atoms. The summed E-state index contributed by atoms with van der Waals surface area (Å²) < 4.78 is 0. The van der Waals surface area contributed by atoms with Gasteiger partial charge in [0.2, 0.25) is 0 Å². The predicted molar refractivity (Wildman–Crippen MR) is 49.2 cm³/mol. The maximum atomic E-state index is 5.76. The molecule has 0 saturated carbocycles. The monoisotopic (exact) mass is 185 g/mol. The minimum absolute atomic E-state index is 0.513. The molecule has 1 rings (SSSR count). The summed E-state index contributed by atoms with van der Waals surface area (Å²) in [5.74, 6) is 0.769. The molecule has 0 saturated heterocycles. The molecule has 0 bridgehead atoms. The number of aromatic nitrogens is 2. The van der Waals surface area contributed by atoms with Crippen molar-refractivity contribution in [2.75, 3.05) is 14.1 Å². The third-order valence-electron chi connectivity index (χ3n) is 1.33. The van der Waals surface area contributed by atoms with Crippen molar-refractivity contribution in [1.29, 1.82) is 0 Å². The Kier molecular flexibility index (Phi) is 3.00. The van der Waals surface area contributed by atoms with Gasteiger partial charge in [-0.25, -0.2) is 9.97 Å². The van der Waals surface area contributed by atoms with Crippen molar-refractivity contribution < 1.29 is 0 Å². The molecular formula is C8H12ClN3. The lowest BCUT2D eigenvalue weighted by Gasteiger charge is -2.08. The lowest BCUT2D eigenvalue weighted by molar-refractivity contribution is 0.390. The average molecular weight is 186 g/mol. The number of hydrogen-bond acceptors (Lipinski definition) is 3. The molecule has 0 aliphatic heterocycles. The van der Waals surface area contributed by atoms with Gasteiger partial charge in [0.15, 0.2) is 0 Å². The molecule has 0 aliphatic carbocycles. The van der Waals surface area contributed by atoms with E-state index in [1.165, 1.54) is 0 Å². The van der Waals surface area contributed by atoms with E-state index in [2.05, 4.69) is 9.97 Å². The Morgan fingerprint density at radius 1 is 1.42 bits per heavy atom. The van der Waals surface area contributed by atoms with Crippen molar-refractivity contribution >= 4 is 11.6 Å². The van der Waals surface area contributed by atoms with Gasteiger partial charge in [-0.2, -0.15) is 0 Å². The van der Waals surface area contributed by atoms with Crippen LogP contribution in [0.25, 0.3) is 0 Å². The van der Waals surface area contributed by atoms with Gasteiger partial charge in [0.25, 0.3) is 0 Å². The summed E-state index contributed by atoms with van der Waals surface area (Å²) in [5, 5.41) is 0.513. The molecule has 0 unspecified atom stereocenters. The summed E-state index contributed by atoms with van der Waals surface area (Å²) in [7, 11) is 3.94. The molecule has 0 aliphatic rings. The van der Waals surface area contributed by atoms with Crippen LogP contribution in [0, 0.1) is 6.92 Å². The molecule has 0 aromatic carbocycles. The van der Waals surface area contributed by atoms with E-state index in [0.717, 1.165) is 18.1 Å². The number of aryl methyl sites for hydroxylation is 1. The molecule has 0 radical (unpaired) electrons. The van der Waals surface area contributed by atoms with Gasteiger partial charge in [-0.3, -0.25) is 0 Å². The molecule has 0 atom stereocenters. The molecule has 0 amide bonds. The molecular weight excluding hydrogens is 174 g/mol. The van der Waals surface area contributed by atoms with Crippen LogP contribution in [0.4, 0.5) is 0 Å². The molecule has 4 heteroatoms. The first kappa shape index (κ1) is 9.42. The second kappa shape index (κ2) is 3.83. The normalized spacial score (nSPS) is 10.8. The Bertz CT molecular complexity index is 253. The number of rotatable bonds is 2. The first-order valence-corrected chi connectivity index (χ1v) is 4.10. The quantitative estimate of drug-likeness (QED) is 0.654. The van der Waals surface area contributed by atoms with Crippen LogP contribution >= 0.6 is 11.6 Å². The Morgan fingerprint density at radius 3 is 2.58 bits per heavy atom. The zero-order chi connectivity index (χ0) is 9.14. The third kappa shape index (κ3) is 2.75. The topological polar surface area (TPSA) is 29.0 Å². The number of nitrogens with zero attached hydrogens (tertiary/aromatic N) is 3. The largest absolute Gasteiger partial charge is 0.302 e. The van der Waals surface area contributed by atoms with Crippen molar-refractivity contribution in [3.63, 3.8) is 0 Å². The van der Waals surface area contributed by atoms with Crippen molar-refractivity contribution in [3.05, 3.63) is 22.7 Å².